The smallest absolute Gasteiger partial charge is 0.251 e. The lowest BCUT2D eigenvalue weighted by Gasteiger charge is -2.05. The molecular formula is C16H14BrNO2S. The summed E-state index contributed by atoms with van der Waals surface area (Å²) >= 11 is 4.99. The monoisotopic (exact) mass is 363 g/mol. The van der Waals surface area contributed by atoms with Gasteiger partial charge in [0.2, 0.25) is 0 Å². The number of nitrogens with one attached hydrogen (secondary N) is 1. The molecule has 1 heterocycles. The van der Waals surface area contributed by atoms with E-state index in [4.69, 9.17) is 5.11 Å². The van der Waals surface area contributed by atoms with Crippen molar-refractivity contribution in [2.45, 2.75) is 13.5 Å². The van der Waals surface area contributed by atoms with E-state index in [-0.39, 0.29) is 12.5 Å². The van der Waals surface area contributed by atoms with E-state index in [1.807, 2.05) is 31.2 Å². The first-order chi connectivity index (χ1) is 10.1. The van der Waals surface area contributed by atoms with Gasteiger partial charge < -0.3 is 10.4 Å². The number of aliphatic hydroxyl groups excluding tert-OH is 1. The maximum Gasteiger partial charge on any atom is 0.251 e. The van der Waals surface area contributed by atoms with Crippen LogP contribution in [0.5, 0.6) is 0 Å². The molecule has 0 saturated heterocycles. The Bertz CT molecular complexity index is 713. The minimum atomic E-state index is -0.192. The Morgan fingerprint density at radius 1 is 1.38 bits per heavy atom. The summed E-state index contributed by atoms with van der Waals surface area (Å²) in [6, 6.07) is 9.37. The molecule has 0 aliphatic carbocycles. The maximum atomic E-state index is 12.2. The van der Waals surface area contributed by atoms with E-state index in [0.717, 1.165) is 19.8 Å². The van der Waals surface area contributed by atoms with Crippen LogP contribution in [0.15, 0.2) is 34.1 Å². The summed E-state index contributed by atoms with van der Waals surface area (Å²) in [6.07, 6.45) is 0. The molecule has 2 N–H and O–H groups in total. The van der Waals surface area contributed by atoms with Crippen LogP contribution in [0.4, 0.5) is 0 Å². The van der Waals surface area contributed by atoms with Gasteiger partial charge >= 0.3 is 0 Å². The third kappa shape index (κ3) is 4.71. The van der Waals surface area contributed by atoms with Crippen molar-refractivity contribution < 1.29 is 9.90 Å². The second-order valence-corrected chi connectivity index (χ2v) is 6.98. The zero-order valence-electron chi connectivity index (χ0n) is 11.4. The van der Waals surface area contributed by atoms with Gasteiger partial charge in [0.15, 0.2) is 0 Å². The van der Waals surface area contributed by atoms with Crippen LogP contribution in [0.1, 0.15) is 26.4 Å². The zero-order chi connectivity index (χ0) is 15.2. The van der Waals surface area contributed by atoms with Crippen molar-refractivity contribution in [2.75, 3.05) is 6.61 Å². The highest BCUT2D eigenvalue weighted by Gasteiger charge is 2.07. The third-order valence-corrected chi connectivity index (χ3v) is 4.33. The number of carbonyl (C=O) groups excluding carboxylic acids is 1. The van der Waals surface area contributed by atoms with Crippen molar-refractivity contribution in [1.29, 1.82) is 0 Å². The van der Waals surface area contributed by atoms with Crippen LogP contribution in [-0.4, -0.2) is 17.6 Å². The third-order valence-electron chi connectivity index (χ3n) is 2.70. The molecule has 1 amide bonds. The Morgan fingerprint density at radius 2 is 2.19 bits per heavy atom. The summed E-state index contributed by atoms with van der Waals surface area (Å²) < 4.78 is 1.05. The molecule has 3 nitrogen and oxygen atoms in total. The van der Waals surface area contributed by atoms with Crippen LogP contribution in [0.25, 0.3) is 0 Å². The van der Waals surface area contributed by atoms with Gasteiger partial charge in [-0.3, -0.25) is 4.79 Å². The van der Waals surface area contributed by atoms with E-state index >= 15 is 0 Å². The zero-order valence-corrected chi connectivity index (χ0v) is 13.8. The molecule has 0 aliphatic rings. The molecule has 1 aromatic carbocycles. The van der Waals surface area contributed by atoms with E-state index < -0.39 is 0 Å². The molecule has 0 unspecified atom stereocenters. The van der Waals surface area contributed by atoms with E-state index in [0.29, 0.717) is 12.1 Å². The number of benzene rings is 1. The normalized spacial score (nSPS) is 9.86. The fraction of sp³-hybridized carbons (Fsp3) is 0.188. The van der Waals surface area contributed by atoms with Gasteiger partial charge in [0, 0.05) is 16.0 Å². The summed E-state index contributed by atoms with van der Waals surface area (Å²) in [5.74, 6) is 5.28. The van der Waals surface area contributed by atoms with Gasteiger partial charge in [-0.1, -0.05) is 11.8 Å². The Kier molecular flexibility index (Phi) is 5.57. The topological polar surface area (TPSA) is 49.3 Å². The second-order valence-electron chi connectivity index (χ2n) is 4.44. The van der Waals surface area contributed by atoms with Crippen molar-refractivity contribution in [1.82, 2.24) is 5.32 Å². The Balaban J connectivity index is 2.09. The van der Waals surface area contributed by atoms with E-state index in [1.165, 1.54) is 0 Å². The lowest BCUT2D eigenvalue weighted by atomic mass is 10.1. The van der Waals surface area contributed by atoms with Gasteiger partial charge in [-0.15, -0.1) is 11.3 Å². The molecule has 0 atom stereocenters. The quantitative estimate of drug-likeness (QED) is 0.823. The van der Waals surface area contributed by atoms with Crippen LogP contribution in [0, 0.1) is 18.8 Å². The van der Waals surface area contributed by atoms with Crippen LogP contribution in [-0.2, 0) is 6.54 Å². The molecule has 0 spiro atoms. The van der Waals surface area contributed by atoms with Crippen molar-refractivity contribution >= 4 is 33.2 Å². The first-order valence-electron chi connectivity index (χ1n) is 6.32. The fourth-order valence-electron chi connectivity index (χ4n) is 1.84. The minimum Gasteiger partial charge on any atom is -0.384 e. The fourth-order valence-corrected chi connectivity index (χ4v) is 3.27. The van der Waals surface area contributed by atoms with Gasteiger partial charge in [-0.05, 0) is 58.7 Å². The van der Waals surface area contributed by atoms with Crippen molar-refractivity contribution in [2.24, 2.45) is 0 Å². The summed E-state index contributed by atoms with van der Waals surface area (Å²) in [5.41, 5.74) is 2.27. The predicted molar refractivity (Wildman–Crippen MR) is 88.3 cm³/mol. The maximum absolute atomic E-state index is 12.2. The lowest BCUT2D eigenvalue weighted by Crippen LogP contribution is -2.22. The summed E-state index contributed by atoms with van der Waals surface area (Å²) in [6.45, 7) is 2.22. The van der Waals surface area contributed by atoms with Crippen LogP contribution in [0.3, 0.4) is 0 Å². The SMILES string of the molecule is Cc1cc(C#CCO)cc(C(=O)NCc2ccc(Br)s2)c1. The predicted octanol–water partition coefficient (Wildman–Crippen LogP) is 3.09. The lowest BCUT2D eigenvalue weighted by molar-refractivity contribution is 0.0951. The highest BCUT2D eigenvalue weighted by atomic mass is 79.9. The average Bonchev–Trinajstić information content (AvgIpc) is 2.87. The van der Waals surface area contributed by atoms with Crippen LogP contribution < -0.4 is 5.32 Å². The molecular weight excluding hydrogens is 350 g/mol. The summed E-state index contributed by atoms with van der Waals surface area (Å²) in [5, 5.41) is 11.6. The van der Waals surface area contributed by atoms with E-state index in [9.17, 15) is 4.79 Å². The number of carbonyl (C=O) groups is 1. The number of rotatable bonds is 3. The molecule has 2 aromatic rings. The summed E-state index contributed by atoms with van der Waals surface area (Å²) in [7, 11) is 0. The molecule has 2 rings (SSSR count). The largest absolute Gasteiger partial charge is 0.384 e. The van der Waals surface area contributed by atoms with E-state index in [1.54, 1.807) is 17.4 Å². The molecule has 0 bridgehead atoms. The summed E-state index contributed by atoms with van der Waals surface area (Å²) in [4.78, 5) is 13.3. The molecule has 5 heteroatoms. The molecule has 0 saturated carbocycles. The minimum absolute atomic E-state index is 0.129. The highest BCUT2D eigenvalue weighted by Crippen LogP contribution is 2.21. The van der Waals surface area contributed by atoms with Gasteiger partial charge in [0.05, 0.1) is 10.3 Å². The highest BCUT2D eigenvalue weighted by molar-refractivity contribution is 9.11. The number of thiophene rings is 1. The van der Waals surface area contributed by atoms with E-state index in [2.05, 4.69) is 33.1 Å². The molecule has 0 radical (unpaired) electrons. The first-order valence-corrected chi connectivity index (χ1v) is 7.93. The van der Waals surface area contributed by atoms with Gasteiger partial charge in [0.1, 0.15) is 6.61 Å². The Labute approximate surface area is 136 Å². The molecule has 0 aliphatic heterocycles. The number of halogens is 1. The van der Waals surface area contributed by atoms with Gasteiger partial charge in [-0.2, -0.15) is 0 Å². The molecule has 1 aromatic heterocycles. The van der Waals surface area contributed by atoms with Crippen LogP contribution >= 0.6 is 27.3 Å². The average molecular weight is 364 g/mol. The van der Waals surface area contributed by atoms with Crippen molar-refractivity contribution in [3.8, 4) is 11.8 Å². The first kappa shape index (κ1) is 15.8. The number of aryl methyl sites for hydroxylation is 1. The Morgan fingerprint density at radius 3 is 2.86 bits per heavy atom. The second kappa shape index (κ2) is 7.41. The van der Waals surface area contributed by atoms with Crippen LogP contribution in [0.2, 0.25) is 0 Å². The van der Waals surface area contributed by atoms with Crippen molar-refractivity contribution in [3.63, 3.8) is 0 Å². The number of amides is 1. The molecule has 0 fully saturated rings. The number of aliphatic hydroxyl groups is 1. The standard InChI is InChI=1S/C16H14BrNO2S/c1-11-7-12(3-2-6-19)9-13(8-11)16(20)18-10-14-4-5-15(17)21-14/h4-5,7-9,19H,6,10H2,1H3,(H,18,20). The molecule has 21 heavy (non-hydrogen) atoms. The van der Waals surface area contributed by atoms with Crippen molar-refractivity contribution in [3.05, 3.63) is 55.7 Å². The Hall–Kier alpha value is -1.61. The number of hydrogen-bond acceptors (Lipinski definition) is 3. The van der Waals surface area contributed by atoms with Gasteiger partial charge in [0.25, 0.3) is 5.91 Å². The molecule has 108 valence electrons. The number of hydrogen-bond donors (Lipinski definition) is 2. The van der Waals surface area contributed by atoms with Gasteiger partial charge in [-0.25, -0.2) is 0 Å².